The second kappa shape index (κ2) is 34.5. The SMILES string of the molecule is COc1ccc(CC(=O)[C@@H](CCCN=C(N)N)NC(=O)c2cc(CC(=O)[C@@H](CCCN=C(N)N)NC(=O)c3cccc(CC(=O)[C@@H](CCCN=C(N)N)NC(=O)c4cccc(CC(=O)[C@H](N)CCCN=C(N)N)c4)c3)ccc2OC)cc1C(N)=O. The Morgan fingerprint density at radius 3 is 1.11 bits per heavy atom. The molecule has 4 aromatic carbocycles. The second-order valence-corrected chi connectivity index (χ2v) is 19.9. The van der Waals surface area contributed by atoms with Crippen LogP contribution in [0.5, 0.6) is 11.5 Å². The van der Waals surface area contributed by atoms with Gasteiger partial charge in [0.15, 0.2) is 47.0 Å². The number of nitrogens with two attached hydrogens (primary N) is 10. The third-order valence-electron chi connectivity index (χ3n) is 13.2. The second-order valence-electron chi connectivity index (χ2n) is 19.9. The van der Waals surface area contributed by atoms with E-state index in [4.69, 9.17) is 66.8 Å². The zero-order valence-corrected chi connectivity index (χ0v) is 47.9. The highest BCUT2D eigenvalue weighted by Crippen LogP contribution is 2.24. The maximum absolute atomic E-state index is 14.3. The van der Waals surface area contributed by atoms with E-state index in [1.165, 1.54) is 50.6 Å². The molecular weight excluding hydrogens is 1090 g/mol. The van der Waals surface area contributed by atoms with Crippen LogP contribution < -0.4 is 82.8 Å². The molecule has 4 atom stereocenters. The summed E-state index contributed by atoms with van der Waals surface area (Å²) in [6, 6.07) is 17.7. The van der Waals surface area contributed by atoms with Crippen molar-refractivity contribution in [2.24, 2.45) is 77.3 Å². The maximum atomic E-state index is 14.3. The number of benzene rings is 4. The van der Waals surface area contributed by atoms with Crippen LogP contribution in [0.25, 0.3) is 0 Å². The van der Waals surface area contributed by atoms with E-state index in [9.17, 15) is 38.4 Å². The van der Waals surface area contributed by atoms with E-state index in [1.54, 1.807) is 48.5 Å². The molecule has 85 heavy (non-hydrogen) atoms. The number of aliphatic imine (C=N–C) groups is 4. The molecule has 0 aromatic heterocycles. The van der Waals surface area contributed by atoms with E-state index in [1.807, 2.05) is 0 Å². The van der Waals surface area contributed by atoms with E-state index >= 15 is 0 Å². The standard InChI is InChI=1S/C58H79N17O10/c1-84-49-19-17-35(27-39(49)51(60)80)31-48(79)44(16-8-24-72-58(67)68)75-54(83)40-28-36(18-20-50(40)85-2)32-47(78)43(15-7-23-71-57(65)66)74-53(82)38-12-4-10-34(26-38)30-46(77)42(14-6-22-70-56(63)64)73-52(81)37-11-3-9-33(25-37)29-45(76)41(59)13-5-21-69-55(61)62/h3-4,9-12,17-20,25-28,41-44H,5-8,13-16,21-24,29-32,59H2,1-2H3,(H2,60,80)(H,73,81)(H,74,82)(H,75,83)(H4,61,62,69)(H4,63,64,70)(H4,65,66,71)(H4,67,68,72)/t41-,42-,43-,44-/m1/s1. The predicted molar refractivity (Wildman–Crippen MR) is 324 cm³/mol. The van der Waals surface area contributed by atoms with Crippen LogP contribution in [0.15, 0.2) is 105 Å². The Morgan fingerprint density at radius 1 is 0.412 bits per heavy atom. The van der Waals surface area contributed by atoms with Crippen molar-refractivity contribution >= 4 is 70.6 Å². The number of carbonyl (C=O) groups excluding carboxylic acids is 8. The number of ketones is 4. The number of nitrogens with one attached hydrogen (secondary N) is 3. The van der Waals surface area contributed by atoms with Gasteiger partial charge in [0, 0.05) is 63.0 Å². The van der Waals surface area contributed by atoms with Crippen molar-refractivity contribution in [1.82, 2.24) is 16.0 Å². The molecule has 0 saturated carbocycles. The van der Waals surface area contributed by atoms with Gasteiger partial charge in [0.05, 0.1) is 49.5 Å². The fourth-order valence-electron chi connectivity index (χ4n) is 8.90. The predicted octanol–water partition coefficient (Wildman–Crippen LogP) is -0.813. The first kappa shape index (κ1) is 67.6. The molecule has 0 saturated heterocycles. The van der Waals surface area contributed by atoms with Crippen LogP contribution in [0, 0.1) is 0 Å². The van der Waals surface area contributed by atoms with E-state index in [-0.39, 0.29) is 134 Å². The number of hydrogen-bond donors (Lipinski definition) is 13. The largest absolute Gasteiger partial charge is 0.496 e. The summed E-state index contributed by atoms with van der Waals surface area (Å²) in [5.41, 5.74) is 57.8. The number of guanidine groups is 4. The van der Waals surface area contributed by atoms with Gasteiger partial charge in [-0.1, -0.05) is 36.4 Å². The molecule has 0 unspecified atom stereocenters. The number of nitrogens with zero attached hydrogens (tertiary/aromatic N) is 4. The average Bonchev–Trinajstić information content (AvgIpc) is 3.60. The number of amides is 4. The number of Topliss-reactive ketones (excluding diaryl/α,β-unsaturated/α-hetero) is 4. The van der Waals surface area contributed by atoms with Gasteiger partial charge in [-0.2, -0.15) is 0 Å². The fraction of sp³-hybridized carbons (Fsp3) is 0.379. The number of carbonyl (C=O) groups is 8. The molecule has 0 heterocycles. The van der Waals surface area contributed by atoms with Crippen molar-refractivity contribution in [3.63, 3.8) is 0 Å². The molecule has 23 N–H and O–H groups in total. The van der Waals surface area contributed by atoms with Gasteiger partial charge in [0.2, 0.25) is 0 Å². The normalized spacial score (nSPS) is 12.1. The molecule has 0 fully saturated rings. The first-order valence-corrected chi connectivity index (χ1v) is 27.3. The lowest BCUT2D eigenvalue weighted by Gasteiger charge is -2.20. The van der Waals surface area contributed by atoms with Crippen molar-refractivity contribution in [3.05, 3.63) is 129 Å². The number of methoxy groups -OCH3 is 2. The highest BCUT2D eigenvalue weighted by Gasteiger charge is 2.28. The quantitative estimate of drug-likeness (QED) is 0.0149. The van der Waals surface area contributed by atoms with Crippen molar-refractivity contribution in [1.29, 1.82) is 0 Å². The minimum Gasteiger partial charge on any atom is -0.496 e. The van der Waals surface area contributed by atoms with E-state index in [0.29, 0.717) is 54.5 Å². The van der Waals surface area contributed by atoms with Crippen LogP contribution in [0.4, 0.5) is 0 Å². The summed E-state index contributed by atoms with van der Waals surface area (Å²) in [6.07, 6.45) is 1.36. The Hall–Kier alpha value is -9.92. The molecule has 456 valence electrons. The van der Waals surface area contributed by atoms with Gasteiger partial charge in [-0.05, 0) is 122 Å². The first-order chi connectivity index (χ1) is 40.5. The number of primary amides is 1. The van der Waals surface area contributed by atoms with Crippen LogP contribution in [0.1, 0.15) is 115 Å². The first-order valence-electron chi connectivity index (χ1n) is 27.3. The van der Waals surface area contributed by atoms with Crippen molar-refractivity contribution < 1.29 is 47.8 Å². The Kier molecular flexibility index (Phi) is 27.4. The van der Waals surface area contributed by atoms with E-state index < -0.39 is 65.1 Å². The van der Waals surface area contributed by atoms with Crippen LogP contribution >= 0.6 is 0 Å². The van der Waals surface area contributed by atoms with Crippen molar-refractivity contribution in [2.75, 3.05) is 40.4 Å². The molecule has 27 nitrogen and oxygen atoms in total. The molecule has 27 heteroatoms. The molecule has 0 aliphatic rings. The summed E-state index contributed by atoms with van der Waals surface area (Å²) in [5.74, 6) is -4.34. The monoisotopic (exact) mass is 1170 g/mol. The molecule has 4 rings (SSSR count). The molecular formula is C58H79N17O10. The molecule has 0 spiro atoms. The minimum absolute atomic E-state index is 0.00136. The van der Waals surface area contributed by atoms with Gasteiger partial charge < -0.3 is 82.8 Å². The van der Waals surface area contributed by atoms with Gasteiger partial charge in [0.25, 0.3) is 23.6 Å². The van der Waals surface area contributed by atoms with Gasteiger partial charge in [-0.25, -0.2) is 0 Å². The number of ether oxygens (including phenoxy) is 2. The fourth-order valence-corrected chi connectivity index (χ4v) is 8.90. The third-order valence-corrected chi connectivity index (χ3v) is 13.2. The van der Waals surface area contributed by atoms with Crippen molar-refractivity contribution in [2.45, 2.75) is 101 Å². The zero-order chi connectivity index (χ0) is 62.6. The summed E-state index contributed by atoms with van der Waals surface area (Å²) in [4.78, 5) is 125. The third kappa shape index (κ3) is 23.5. The molecule has 0 aliphatic carbocycles. The topological polar surface area (TPSA) is 501 Å². The van der Waals surface area contributed by atoms with Gasteiger partial charge in [0.1, 0.15) is 11.5 Å². The average molecular weight is 1170 g/mol. The Bertz CT molecular complexity index is 3130. The number of rotatable bonds is 37. The van der Waals surface area contributed by atoms with Gasteiger partial charge in [-0.3, -0.25) is 58.3 Å². The molecule has 0 aliphatic heterocycles. The Balaban J connectivity index is 1.53. The zero-order valence-electron chi connectivity index (χ0n) is 47.9. The minimum atomic E-state index is -1.10. The Morgan fingerprint density at radius 2 is 0.741 bits per heavy atom. The highest BCUT2D eigenvalue weighted by molar-refractivity contribution is 6.03. The maximum Gasteiger partial charge on any atom is 0.255 e. The number of hydrogen-bond acceptors (Lipinski definition) is 15. The lowest BCUT2D eigenvalue weighted by Crippen LogP contribution is -2.42. The van der Waals surface area contributed by atoms with Crippen LogP contribution in [0.2, 0.25) is 0 Å². The van der Waals surface area contributed by atoms with Crippen LogP contribution in [-0.2, 0) is 44.9 Å². The van der Waals surface area contributed by atoms with Crippen LogP contribution in [-0.4, -0.2) is 135 Å². The molecule has 4 aromatic rings. The molecule has 0 radical (unpaired) electrons. The van der Waals surface area contributed by atoms with Gasteiger partial charge >= 0.3 is 0 Å². The lowest BCUT2D eigenvalue weighted by atomic mass is 9.96. The van der Waals surface area contributed by atoms with E-state index in [2.05, 4.69) is 35.9 Å². The summed E-state index contributed by atoms with van der Waals surface area (Å²) in [5, 5.41) is 8.43. The summed E-state index contributed by atoms with van der Waals surface area (Å²) in [7, 11) is 2.73. The summed E-state index contributed by atoms with van der Waals surface area (Å²) >= 11 is 0. The lowest BCUT2D eigenvalue weighted by molar-refractivity contribution is -0.121. The highest BCUT2D eigenvalue weighted by atomic mass is 16.5. The Labute approximate surface area is 492 Å². The van der Waals surface area contributed by atoms with E-state index in [0.717, 1.165) is 0 Å². The summed E-state index contributed by atoms with van der Waals surface area (Å²) in [6.45, 7) is 0.784. The van der Waals surface area contributed by atoms with Gasteiger partial charge in [-0.15, -0.1) is 0 Å². The molecule has 0 bridgehead atoms. The molecule has 4 amide bonds. The van der Waals surface area contributed by atoms with Crippen molar-refractivity contribution in [3.8, 4) is 11.5 Å². The van der Waals surface area contributed by atoms with Crippen LogP contribution in [0.3, 0.4) is 0 Å². The summed E-state index contributed by atoms with van der Waals surface area (Å²) < 4.78 is 10.8. The smallest absolute Gasteiger partial charge is 0.255 e.